The average molecular weight is 211 g/mol. The summed E-state index contributed by atoms with van der Waals surface area (Å²) in [7, 11) is 0. The summed E-state index contributed by atoms with van der Waals surface area (Å²) in [4.78, 5) is 6.28. The first-order valence-electron chi connectivity index (χ1n) is 5.41. The fourth-order valence-electron chi connectivity index (χ4n) is 2.23. The molecule has 3 rings (SSSR count). The van der Waals surface area contributed by atoms with E-state index in [1.807, 2.05) is 6.07 Å². The van der Waals surface area contributed by atoms with Gasteiger partial charge >= 0.3 is 0 Å². The van der Waals surface area contributed by atoms with Crippen LogP contribution in [-0.4, -0.2) is 11.5 Å². The molecule has 1 aliphatic rings. The molecule has 2 aromatic rings. The Hall–Kier alpha value is -2.03. The molecule has 1 aromatic carbocycles. The number of benzene rings is 1. The maximum Gasteiger partial charge on any atom is 0.0741 e. The monoisotopic (exact) mass is 211 g/mol. The third kappa shape index (κ3) is 1.33. The Balaban J connectivity index is 2.08. The highest BCUT2D eigenvalue weighted by molar-refractivity contribution is 5.77. The Morgan fingerprint density at radius 1 is 1.12 bits per heavy atom. The van der Waals surface area contributed by atoms with E-state index in [1.54, 1.807) is 12.4 Å². The van der Waals surface area contributed by atoms with Gasteiger partial charge in [-0.3, -0.25) is 4.98 Å². The number of rotatable bonds is 1. The third-order valence-electron chi connectivity index (χ3n) is 3.01. The normalized spacial score (nSPS) is 13.9. The quantitative estimate of drug-likeness (QED) is 0.787. The van der Waals surface area contributed by atoms with Gasteiger partial charge in [-0.2, -0.15) is 0 Å². The van der Waals surface area contributed by atoms with Crippen LogP contribution in [0.2, 0.25) is 0 Å². The first-order valence-corrected chi connectivity index (χ1v) is 5.41. The van der Waals surface area contributed by atoms with Gasteiger partial charge in [-0.15, -0.1) is 0 Å². The highest BCUT2D eigenvalue weighted by Crippen LogP contribution is 2.36. The van der Waals surface area contributed by atoms with Gasteiger partial charge in [0.05, 0.1) is 17.6 Å². The summed E-state index contributed by atoms with van der Waals surface area (Å²) >= 11 is 0. The molecule has 0 atom stereocenters. The van der Waals surface area contributed by atoms with Crippen molar-refractivity contribution in [1.29, 1.82) is 0 Å². The van der Waals surface area contributed by atoms with Gasteiger partial charge in [0.1, 0.15) is 0 Å². The number of anilines is 3. The number of hydrogen-bond donors (Lipinski definition) is 1. The lowest BCUT2D eigenvalue weighted by atomic mass is 10.2. The van der Waals surface area contributed by atoms with Gasteiger partial charge < -0.3 is 10.6 Å². The smallest absolute Gasteiger partial charge is 0.0741 e. The fraction of sp³-hybridized carbons (Fsp3) is 0.154. The Kier molecular flexibility index (Phi) is 2.03. The van der Waals surface area contributed by atoms with Gasteiger partial charge in [0.15, 0.2) is 0 Å². The number of aromatic nitrogens is 1. The van der Waals surface area contributed by atoms with Crippen molar-refractivity contribution in [2.75, 3.05) is 17.2 Å². The molecule has 0 saturated carbocycles. The summed E-state index contributed by atoms with van der Waals surface area (Å²) in [5, 5.41) is 0. The number of nitrogens with two attached hydrogens (primary N) is 1. The molecule has 2 N–H and O–H groups in total. The van der Waals surface area contributed by atoms with E-state index in [-0.39, 0.29) is 0 Å². The lowest BCUT2D eigenvalue weighted by molar-refractivity contribution is 0.997. The molecular weight excluding hydrogens is 198 g/mol. The molecule has 0 unspecified atom stereocenters. The fourth-order valence-corrected chi connectivity index (χ4v) is 2.23. The van der Waals surface area contributed by atoms with Crippen LogP contribution in [0.3, 0.4) is 0 Å². The summed E-state index contributed by atoms with van der Waals surface area (Å²) in [5.74, 6) is 0. The second kappa shape index (κ2) is 3.52. The summed E-state index contributed by atoms with van der Waals surface area (Å²) in [5.41, 5.74) is 10.4. The minimum Gasteiger partial charge on any atom is -0.396 e. The number of hydrogen-bond acceptors (Lipinski definition) is 3. The SMILES string of the molecule is Nc1cnccc1N1CCc2ccccc21. The molecule has 0 radical (unpaired) electrons. The van der Waals surface area contributed by atoms with Crippen molar-refractivity contribution >= 4 is 17.1 Å². The molecule has 3 heteroatoms. The maximum atomic E-state index is 5.95. The van der Waals surface area contributed by atoms with Crippen LogP contribution in [-0.2, 0) is 6.42 Å². The third-order valence-corrected chi connectivity index (χ3v) is 3.01. The summed E-state index contributed by atoms with van der Waals surface area (Å²) in [6.45, 7) is 0.994. The molecule has 3 nitrogen and oxygen atoms in total. The van der Waals surface area contributed by atoms with Crippen molar-refractivity contribution in [2.24, 2.45) is 0 Å². The van der Waals surface area contributed by atoms with E-state index in [1.165, 1.54) is 11.3 Å². The van der Waals surface area contributed by atoms with Crippen molar-refractivity contribution in [1.82, 2.24) is 4.98 Å². The van der Waals surface area contributed by atoms with Gasteiger partial charge in [0, 0.05) is 18.4 Å². The Morgan fingerprint density at radius 2 is 2.00 bits per heavy atom. The molecule has 0 aliphatic carbocycles. The molecule has 0 saturated heterocycles. The Morgan fingerprint density at radius 3 is 2.88 bits per heavy atom. The Labute approximate surface area is 94.5 Å². The second-order valence-corrected chi connectivity index (χ2v) is 3.96. The largest absolute Gasteiger partial charge is 0.396 e. The van der Waals surface area contributed by atoms with Gasteiger partial charge in [0.25, 0.3) is 0 Å². The highest BCUT2D eigenvalue weighted by atomic mass is 15.2. The molecule has 1 aliphatic heterocycles. The van der Waals surface area contributed by atoms with Gasteiger partial charge in [-0.25, -0.2) is 0 Å². The lowest BCUT2D eigenvalue weighted by Gasteiger charge is -2.20. The van der Waals surface area contributed by atoms with Crippen LogP contribution in [0.4, 0.5) is 17.1 Å². The molecule has 0 bridgehead atoms. The number of para-hydroxylation sites is 1. The number of nitrogens with zero attached hydrogens (tertiary/aromatic N) is 2. The molecular formula is C13H13N3. The molecule has 1 aromatic heterocycles. The minimum absolute atomic E-state index is 0.735. The van der Waals surface area contributed by atoms with Crippen molar-refractivity contribution in [3.8, 4) is 0 Å². The van der Waals surface area contributed by atoms with Crippen LogP contribution < -0.4 is 10.6 Å². The van der Waals surface area contributed by atoms with Crippen LogP contribution in [0.5, 0.6) is 0 Å². The highest BCUT2D eigenvalue weighted by Gasteiger charge is 2.20. The van der Waals surface area contributed by atoms with Crippen LogP contribution in [0.15, 0.2) is 42.7 Å². The molecule has 0 amide bonds. The first-order chi connectivity index (χ1) is 7.86. The zero-order valence-electron chi connectivity index (χ0n) is 8.93. The summed E-state index contributed by atoms with van der Waals surface area (Å²) in [6, 6.07) is 10.4. The van der Waals surface area contributed by atoms with E-state index in [0.29, 0.717) is 0 Å². The van der Waals surface area contributed by atoms with E-state index >= 15 is 0 Å². The standard InChI is InChI=1S/C13H13N3/c14-11-9-15-7-5-13(11)16-8-6-10-3-1-2-4-12(10)16/h1-5,7,9H,6,8,14H2. The predicted molar refractivity (Wildman–Crippen MR) is 65.8 cm³/mol. The van der Waals surface area contributed by atoms with Crippen LogP contribution in [0.25, 0.3) is 0 Å². The zero-order valence-corrected chi connectivity index (χ0v) is 8.93. The van der Waals surface area contributed by atoms with E-state index in [4.69, 9.17) is 5.73 Å². The van der Waals surface area contributed by atoms with Crippen molar-refractivity contribution < 1.29 is 0 Å². The van der Waals surface area contributed by atoms with Gasteiger partial charge in [0.2, 0.25) is 0 Å². The van der Waals surface area contributed by atoms with Crippen LogP contribution >= 0.6 is 0 Å². The average Bonchev–Trinajstić information content (AvgIpc) is 2.74. The topological polar surface area (TPSA) is 42.1 Å². The lowest BCUT2D eigenvalue weighted by Crippen LogP contribution is -2.14. The van der Waals surface area contributed by atoms with Gasteiger partial charge in [-0.1, -0.05) is 18.2 Å². The number of nitrogen functional groups attached to an aromatic ring is 1. The van der Waals surface area contributed by atoms with E-state index in [0.717, 1.165) is 24.3 Å². The van der Waals surface area contributed by atoms with Crippen molar-refractivity contribution in [2.45, 2.75) is 6.42 Å². The number of pyridine rings is 1. The second-order valence-electron chi connectivity index (χ2n) is 3.96. The molecule has 2 heterocycles. The zero-order chi connectivity index (χ0) is 11.0. The predicted octanol–water partition coefficient (Wildman–Crippen LogP) is 2.36. The maximum absolute atomic E-state index is 5.95. The molecule has 0 spiro atoms. The minimum atomic E-state index is 0.735. The van der Waals surface area contributed by atoms with Crippen LogP contribution in [0.1, 0.15) is 5.56 Å². The first kappa shape index (κ1) is 9.21. The number of fused-ring (bicyclic) bond motifs is 1. The summed E-state index contributed by atoms with van der Waals surface area (Å²) in [6.07, 6.45) is 4.57. The van der Waals surface area contributed by atoms with E-state index < -0.39 is 0 Å². The van der Waals surface area contributed by atoms with Gasteiger partial charge in [-0.05, 0) is 24.1 Å². The summed E-state index contributed by atoms with van der Waals surface area (Å²) < 4.78 is 0. The Bertz CT molecular complexity index is 522. The van der Waals surface area contributed by atoms with E-state index in [9.17, 15) is 0 Å². The van der Waals surface area contributed by atoms with Crippen LogP contribution in [0, 0.1) is 0 Å². The van der Waals surface area contributed by atoms with Crippen molar-refractivity contribution in [3.05, 3.63) is 48.3 Å². The molecule has 80 valence electrons. The molecule has 0 fully saturated rings. The van der Waals surface area contributed by atoms with E-state index in [2.05, 4.69) is 34.1 Å². The molecule has 16 heavy (non-hydrogen) atoms. The van der Waals surface area contributed by atoms with Crippen molar-refractivity contribution in [3.63, 3.8) is 0 Å².